The Morgan fingerprint density at radius 3 is 2.10 bits per heavy atom. The molecule has 0 saturated heterocycles. The van der Waals surface area contributed by atoms with Crippen LogP contribution in [0.1, 0.15) is 21.5 Å². The van der Waals surface area contributed by atoms with Gasteiger partial charge in [0.25, 0.3) is 5.91 Å². The first-order chi connectivity index (χ1) is 9.86. The van der Waals surface area contributed by atoms with Crippen molar-refractivity contribution in [2.75, 3.05) is 0 Å². The Bertz CT molecular complexity index is 621. The van der Waals surface area contributed by atoms with Crippen LogP contribution in [0.4, 0.5) is 13.2 Å². The molecule has 110 valence electrons. The van der Waals surface area contributed by atoms with Crippen molar-refractivity contribution in [3.05, 3.63) is 70.2 Å². The maximum Gasteiger partial charge on any atom is 0.416 e. The molecule has 1 N–H and O–H groups in total. The normalized spacial score (nSPS) is 11.2. The lowest BCUT2D eigenvalue weighted by molar-refractivity contribution is -0.137. The summed E-state index contributed by atoms with van der Waals surface area (Å²) in [4.78, 5) is 11.8. The Morgan fingerprint density at radius 2 is 1.57 bits per heavy atom. The van der Waals surface area contributed by atoms with E-state index in [4.69, 9.17) is 11.6 Å². The number of benzene rings is 2. The largest absolute Gasteiger partial charge is 0.416 e. The number of carbonyl (C=O) groups excluding carboxylic acids is 1. The molecule has 0 fully saturated rings. The summed E-state index contributed by atoms with van der Waals surface area (Å²) in [5.74, 6) is -0.313. The highest BCUT2D eigenvalue weighted by atomic mass is 35.5. The van der Waals surface area contributed by atoms with Crippen LogP contribution in [0.5, 0.6) is 0 Å². The number of nitrogens with one attached hydrogen (secondary N) is 1. The van der Waals surface area contributed by atoms with Crippen molar-refractivity contribution in [1.82, 2.24) is 5.32 Å². The van der Waals surface area contributed by atoms with Crippen molar-refractivity contribution >= 4 is 17.5 Å². The summed E-state index contributed by atoms with van der Waals surface area (Å²) in [6, 6.07) is 11.0. The summed E-state index contributed by atoms with van der Waals surface area (Å²) in [6.07, 6.45) is -4.36. The predicted octanol–water partition coefficient (Wildman–Crippen LogP) is 4.29. The van der Waals surface area contributed by atoms with E-state index in [1.807, 2.05) is 0 Å². The maximum absolute atomic E-state index is 12.4. The van der Waals surface area contributed by atoms with Gasteiger partial charge in [0, 0.05) is 17.1 Å². The van der Waals surface area contributed by atoms with E-state index < -0.39 is 11.7 Å². The third-order valence-corrected chi connectivity index (χ3v) is 3.09. The number of hydrogen-bond acceptors (Lipinski definition) is 1. The monoisotopic (exact) mass is 313 g/mol. The summed E-state index contributed by atoms with van der Waals surface area (Å²) >= 11 is 5.72. The molecule has 6 heteroatoms. The number of hydrogen-bond donors (Lipinski definition) is 1. The molecule has 2 nitrogen and oxygen atoms in total. The molecule has 0 atom stereocenters. The van der Waals surface area contributed by atoms with Crippen LogP contribution in [0.15, 0.2) is 48.5 Å². The molecule has 0 spiro atoms. The SMILES string of the molecule is O=C(NCc1ccc(C(F)(F)F)cc1)c1ccc(Cl)cc1. The summed E-state index contributed by atoms with van der Waals surface area (Å²) < 4.78 is 37.2. The molecule has 2 rings (SSSR count). The zero-order valence-corrected chi connectivity index (χ0v) is 11.5. The van der Waals surface area contributed by atoms with Gasteiger partial charge in [0.05, 0.1) is 5.56 Å². The van der Waals surface area contributed by atoms with Crippen molar-refractivity contribution in [3.8, 4) is 0 Å². The first kappa shape index (κ1) is 15.4. The molecule has 0 radical (unpaired) electrons. The molecule has 0 aromatic heterocycles. The van der Waals surface area contributed by atoms with Gasteiger partial charge in [-0.05, 0) is 42.0 Å². The van der Waals surface area contributed by atoms with Gasteiger partial charge in [0.1, 0.15) is 0 Å². The van der Waals surface area contributed by atoms with E-state index in [-0.39, 0.29) is 12.5 Å². The molecule has 21 heavy (non-hydrogen) atoms. The number of rotatable bonds is 3. The van der Waals surface area contributed by atoms with Crippen LogP contribution in [0, 0.1) is 0 Å². The Labute approximate surface area is 124 Å². The molecule has 0 aliphatic carbocycles. The van der Waals surface area contributed by atoms with Gasteiger partial charge < -0.3 is 5.32 Å². The van der Waals surface area contributed by atoms with Gasteiger partial charge >= 0.3 is 6.18 Å². The van der Waals surface area contributed by atoms with Crippen LogP contribution in [0.25, 0.3) is 0 Å². The van der Waals surface area contributed by atoms with E-state index in [0.29, 0.717) is 16.1 Å². The smallest absolute Gasteiger partial charge is 0.348 e. The van der Waals surface area contributed by atoms with Gasteiger partial charge in [-0.3, -0.25) is 4.79 Å². The quantitative estimate of drug-likeness (QED) is 0.900. The van der Waals surface area contributed by atoms with Gasteiger partial charge in [-0.25, -0.2) is 0 Å². The first-order valence-corrected chi connectivity index (χ1v) is 6.44. The Kier molecular flexibility index (Phi) is 4.53. The van der Waals surface area contributed by atoms with Gasteiger partial charge in [0.2, 0.25) is 0 Å². The highest BCUT2D eigenvalue weighted by molar-refractivity contribution is 6.30. The molecular weight excluding hydrogens is 303 g/mol. The highest BCUT2D eigenvalue weighted by Gasteiger charge is 2.29. The molecule has 0 aliphatic heterocycles. The van der Waals surface area contributed by atoms with Crippen LogP contribution in [-0.4, -0.2) is 5.91 Å². The van der Waals surface area contributed by atoms with Crippen molar-refractivity contribution in [1.29, 1.82) is 0 Å². The van der Waals surface area contributed by atoms with E-state index in [1.54, 1.807) is 24.3 Å². The van der Waals surface area contributed by atoms with Gasteiger partial charge in [-0.2, -0.15) is 13.2 Å². The van der Waals surface area contributed by atoms with Crippen molar-refractivity contribution in [2.24, 2.45) is 0 Å². The van der Waals surface area contributed by atoms with E-state index in [1.165, 1.54) is 12.1 Å². The number of amides is 1. The molecule has 0 unspecified atom stereocenters. The van der Waals surface area contributed by atoms with Crippen molar-refractivity contribution < 1.29 is 18.0 Å². The minimum Gasteiger partial charge on any atom is -0.348 e. The first-order valence-electron chi connectivity index (χ1n) is 6.06. The summed E-state index contributed by atoms with van der Waals surface area (Å²) in [5, 5.41) is 3.15. The molecule has 0 saturated carbocycles. The van der Waals surface area contributed by atoms with Crippen LogP contribution in [0.3, 0.4) is 0 Å². The Hall–Kier alpha value is -2.01. The average Bonchev–Trinajstić information content (AvgIpc) is 2.45. The zero-order valence-electron chi connectivity index (χ0n) is 10.7. The molecule has 2 aromatic rings. The highest BCUT2D eigenvalue weighted by Crippen LogP contribution is 2.29. The fourth-order valence-corrected chi connectivity index (χ4v) is 1.82. The van der Waals surface area contributed by atoms with E-state index in [0.717, 1.165) is 12.1 Å². The molecular formula is C15H11ClF3NO. The minimum atomic E-state index is -4.36. The topological polar surface area (TPSA) is 29.1 Å². The number of halogens is 4. The molecule has 0 aliphatic rings. The zero-order chi connectivity index (χ0) is 15.5. The lowest BCUT2D eigenvalue weighted by Gasteiger charge is -2.08. The second kappa shape index (κ2) is 6.18. The van der Waals surface area contributed by atoms with Gasteiger partial charge in [-0.1, -0.05) is 23.7 Å². The Morgan fingerprint density at radius 1 is 1.00 bits per heavy atom. The second-order valence-corrected chi connectivity index (χ2v) is 4.82. The summed E-state index contributed by atoms with van der Waals surface area (Å²) in [5.41, 5.74) is 0.312. The van der Waals surface area contributed by atoms with Crippen LogP contribution in [0.2, 0.25) is 5.02 Å². The average molecular weight is 314 g/mol. The molecule has 0 heterocycles. The molecule has 0 bridgehead atoms. The lowest BCUT2D eigenvalue weighted by atomic mass is 10.1. The van der Waals surface area contributed by atoms with Gasteiger partial charge in [-0.15, -0.1) is 0 Å². The molecule has 1 amide bonds. The maximum atomic E-state index is 12.4. The van der Waals surface area contributed by atoms with E-state index in [9.17, 15) is 18.0 Å². The van der Waals surface area contributed by atoms with E-state index in [2.05, 4.69) is 5.32 Å². The fraction of sp³-hybridized carbons (Fsp3) is 0.133. The minimum absolute atomic E-state index is 0.152. The standard InChI is InChI=1S/C15H11ClF3NO/c16-13-7-3-11(4-8-13)14(21)20-9-10-1-5-12(6-2-10)15(17,18)19/h1-8H,9H2,(H,20,21). The summed E-state index contributed by atoms with van der Waals surface area (Å²) in [7, 11) is 0. The van der Waals surface area contributed by atoms with E-state index >= 15 is 0 Å². The van der Waals surface area contributed by atoms with Crippen LogP contribution in [-0.2, 0) is 12.7 Å². The molecule has 2 aromatic carbocycles. The summed E-state index contributed by atoms with van der Waals surface area (Å²) in [6.45, 7) is 0.152. The third kappa shape index (κ3) is 4.23. The number of carbonyl (C=O) groups is 1. The van der Waals surface area contributed by atoms with Crippen molar-refractivity contribution in [3.63, 3.8) is 0 Å². The fourth-order valence-electron chi connectivity index (χ4n) is 1.70. The third-order valence-electron chi connectivity index (χ3n) is 2.84. The second-order valence-electron chi connectivity index (χ2n) is 4.38. The lowest BCUT2D eigenvalue weighted by Crippen LogP contribution is -2.22. The number of alkyl halides is 3. The van der Waals surface area contributed by atoms with Crippen molar-refractivity contribution in [2.45, 2.75) is 12.7 Å². The van der Waals surface area contributed by atoms with Crippen LogP contribution < -0.4 is 5.32 Å². The Balaban J connectivity index is 1.97. The predicted molar refractivity (Wildman–Crippen MR) is 74.1 cm³/mol. The van der Waals surface area contributed by atoms with Crippen LogP contribution >= 0.6 is 11.6 Å². The van der Waals surface area contributed by atoms with Gasteiger partial charge in [0.15, 0.2) is 0 Å².